The number of hydrogen-bond acceptors (Lipinski definition) is 4. The highest BCUT2D eigenvalue weighted by molar-refractivity contribution is 5.76. The number of amides is 2. The highest BCUT2D eigenvalue weighted by Gasteiger charge is 2.02. The van der Waals surface area contributed by atoms with Gasteiger partial charge in [0.25, 0.3) is 0 Å². The lowest BCUT2D eigenvalue weighted by molar-refractivity contribution is -0.122. The zero-order valence-electron chi connectivity index (χ0n) is 28.4. The van der Waals surface area contributed by atoms with Gasteiger partial charge >= 0.3 is 0 Å². The number of nitrogens with one attached hydrogen (secondary N) is 4. The molecular weight excluding hydrogens is 520 g/mol. The minimum absolute atomic E-state index is 0.179. The summed E-state index contributed by atoms with van der Waals surface area (Å²) in [4.78, 5) is 23.9. The van der Waals surface area contributed by atoms with Crippen molar-refractivity contribution in [2.75, 3.05) is 39.3 Å². The van der Waals surface area contributed by atoms with Crippen LogP contribution < -0.4 is 21.3 Å². The fourth-order valence-corrected chi connectivity index (χ4v) is 5.44. The summed E-state index contributed by atoms with van der Waals surface area (Å²) in [5.74, 6) is 0.362. The summed E-state index contributed by atoms with van der Waals surface area (Å²) in [6.45, 7) is 9.22. The van der Waals surface area contributed by atoms with E-state index in [-0.39, 0.29) is 11.8 Å². The number of carbonyl (C=O) groups is 2. The van der Waals surface area contributed by atoms with Crippen LogP contribution in [0.1, 0.15) is 181 Å². The fraction of sp³-hybridized carbons (Fsp3) is 0.944. The second kappa shape index (κ2) is 36.1. The SMILES string of the molecule is CCCCCCCCCCCCCCCCCC(=O)NCCNCCNCCNC(=O)CCCCCCCCCCC. The number of carbonyl (C=O) groups excluding carboxylic acids is 2. The molecule has 0 radical (unpaired) electrons. The summed E-state index contributed by atoms with van der Waals surface area (Å²) in [5.41, 5.74) is 0. The molecule has 0 aromatic carbocycles. The van der Waals surface area contributed by atoms with E-state index in [0.717, 1.165) is 39.0 Å². The number of unbranched alkanes of at least 4 members (excludes halogenated alkanes) is 22. The first-order valence-electron chi connectivity index (χ1n) is 18.7. The predicted molar refractivity (Wildman–Crippen MR) is 183 cm³/mol. The molecule has 42 heavy (non-hydrogen) atoms. The summed E-state index contributed by atoms with van der Waals surface area (Å²) < 4.78 is 0. The van der Waals surface area contributed by atoms with E-state index >= 15 is 0 Å². The van der Waals surface area contributed by atoms with Gasteiger partial charge < -0.3 is 21.3 Å². The maximum absolute atomic E-state index is 12.0. The monoisotopic (exact) mass is 595 g/mol. The lowest BCUT2D eigenvalue weighted by Gasteiger charge is -2.09. The average molecular weight is 595 g/mol. The third-order valence-electron chi connectivity index (χ3n) is 8.24. The van der Waals surface area contributed by atoms with Crippen molar-refractivity contribution in [1.82, 2.24) is 21.3 Å². The Bertz CT molecular complexity index is 559. The zero-order chi connectivity index (χ0) is 30.6. The number of rotatable bonds is 35. The molecule has 0 aliphatic carbocycles. The lowest BCUT2D eigenvalue weighted by Crippen LogP contribution is -2.37. The quantitative estimate of drug-likeness (QED) is 0.0554. The van der Waals surface area contributed by atoms with Gasteiger partial charge in [0.05, 0.1) is 0 Å². The molecule has 250 valence electrons. The van der Waals surface area contributed by atoms with Crippen LogP contribution in [-0.4, -0.2) is 51.1 Å². The van der Waals surface area contributed by atoms with Gasteiger partial charge in [0, 0.05) is 52.1 Å². The Balaban J connectivity index is 3.23. The minimum atomic E-state index is 0.179. The fourth-order valence-electron chi connectivity index (χ4n) is 5.44. The van der Waals surface area contributed by atoms with Gasteiger partial charge in [-0.15, -0.1) is 0 Å². The standard InChI is InChI=1S/C36H74N4O2/c1-3-5-7-9-11-13-14-15-16-17-18-20-22-24-26-28-36(42)40-34-32-38-30-29-37-31-33-39-35(41)27-25-23-21-19-12-10-8-6-4-2/h37-38H,3-34H2,1-2H3,(H,39,41)(H,40,42). The van der Waals surface area contributed by atoms with Gasteiger partial charge in [-0.05, 0) is 12.8 Å². The molecular formula is C36H74N4O2. The molecule has 0 saturated heterocycles. The molecule has 0 aliphatic heterocycles. The van der Waals surface area contributed by atoms with Crippen LogP contribution in [0, 0.1) is 0 Å². The van der Waals surface area contributed by atoms with E-state index < -0.39 is 0 Å². The van der Waals surface area contributed by atoms with Gasteiger partial charge in [0.2, 0.25) is 11.8 Å². The van der Waals surface area contributed by atoms with Crippen LogP contribution in [0.25, 0.3) is 0 Å². The van der Waals surface area contributed by atoms with Crippen molar-refractivity contribution in [3.8, 4) is 0 Å². The van der Waals surface area contributed by atoms with Gasteiger partial charge in [-0.25, -0.2) is 0 Å². The third-order valence-corrected chi connectivity index (χ3v) is 8.24. The molecule has 0 atom stereocenters. The van der Waals surface area contributed by atoms with Crippen molar-refractivity contribution in [2.45, 2.75) is 181 Å². The molecule has 6 heteroatoms. The Hall–Kier alpha value is -1.14. The first kappa shape index (κ1) is 40.9. The van der Waals surface area contributed by atoms with Crippen LogP contribution in [0.2, 0.25) is 0 Å². The van der Waals surface area contributed by atoms with E-state index in [2.05, 4.69) is 35.1 Å². The zero-order valence-corrected chi connectivity index (χ0v) is 28.4. The smallest absolute Gasteiger partial charge is 0.220 e. The molecule has 6 nitrogen and oxygen atoms in total. The van der Waals surface area contributed by atoms with E-state index in [9.17, 15) is 9.59 Å². The van der Waals surface area contributed by atoms with Gasteiger partial charge in [-0.1, -0.05) is 155 Å². The molecule has 0 heterocycles. The van der Waals surface area contributed by atoms with Crippen molar-refractivity contribution < 1.29 is 9.59 Å². The van der Waals surface area contributed by atoms with E-state index in [4.69, 9.17) is 0 Å². The molecule has 0 bridgehead atoms. The van der Waals surface area contributed by atoms with E-state index in [0.29, 0.717) is 25.9 Å². The van der Waals surface area contributed by atoms with Gasteiger partial charge in [-0.3, -0.25) is 9.59 Å². The molecule has 0 unspecified atom stereocenters. The molecule has 0 spiro atoms. The first-order chi connectivity index (χ1) is 20.7. The summed E-state index contributed by atoms with van der Waals surface area (Å²) in [5, 5.41) is 12.7. The Morgan fingerprint density at radius 1 is 0.333 bits per heavy atom. The van der Waals surface area contributed by atoms with Crippen molar-refractivity contribution in [3.63, 3.8) is 0 Å². The molecule has 0 rings (SSSR count). The molecule has 0 fully saturated rings. The Morgan fingerprint density at radius 2 is 0.571 bits per heavy atom. The van der Waals surface area contributed by atoms with E-state index in [1.807, 2.05) is 0 Å². The minimum Gasteiger partial charge on any atom is -0.355 e. The lowest BCUT2D eigenvalue weighted by atomic mass is 10.0. The number of hydrogen-bond donors (Lipinski definition) is 4. The Morgan fingerprint density at radius 3 is 0.857 bits per heavy atom. The van der Waals surface area contributed by atoms with Crippen molar-refractivity contribution in [2.24, 2.45) is 0 Å². The van der Waals surface area contributed by atoms with Gasteiger partial charge in [-0.2, -0.15) is 0 Å². The van der Waals surface area contributed by atoms with Crippen LogP contribution >= 0.6 is 0 Å². The molecule has 2 amide bonds. The highest BCUT2D eigenvalue weighted by Crippen LogP contribution is 2.14. The summed E-state index contributed by atoms with van der Waals surface area (Å²) >= 11 is 0. The van der Waals surface area contributed by atoms with Crippen molar-refractivity contribution in [3.05, 3.63) is 0 Å². The van der Waals surface area contributed by atoms with Crippen LogP contribution in [0.5, 0.6) is 0 Å². The Labute approximate surface area is 262 Å². The summed E-state index contributed by atoms with van der Waals surface area (Å²) in [7, 11) is 0. The van der Waals surface area contributed by atoms with E-state index in [1.165, 1.54) is 141 Å². The maximum Gasteiger partial charge on any atom is 0.220 e. The molecule has 0 aliphatic rings. The van der Waals surface area contributed by atoms with Crippen LogP contribution in [0.4, 0.5) is 0 Å². The predicted octanol–water partition coefficient (Wildman–Crippen LogP) is 8.58. The van der Waals surface area contributed by atoms with Crippen molar-refractivity contribution in [1.29, 1.82) is 0 Å². The first-order valence-corrected chi connectivity index (χ1v) is 18.7. The second-order valence-corrected chi connectivity index (χ2v) is 12.5. The third kappa shape index (κ3) is 35.1. The molecule has 0 aromatic rings. The maximum atomic E-state index is 12.0. The normalized spacial score (nSPS) is 11.2. The van der Waals surface area contributed by atoms with Crippen LogP contribution in [0.3, 0.4) is 0 Å². The van der Waals surface area contributed by atoms with Crippen molar-refractivity contribution >= 4 is 11.8 Å². The molecule has 0 aromatic heterocycles. The molecule has 4 N–H and O–H groups in total. The van der Waals surface area contributed by atoms with Gasteiger partial charge in [0.1, 0.15) is 0 Å². The van der Waals surface area contributed by atoms with Crippen LogP contribution in [0.15, 0.2) is 0 Å². The highest BCUT2D eigenvalue weighted by atomic mass is 16.2. The average Bonchev–Trinajstić information content (AvgIpc) is 2.99. The largest absolute Gasteiger partial charge is 0.355 e. The Kier molecular flexibility index (Phi) is 35.1. The van der Waals surface area contributed by atoms with Crippen LogP contribution in [-0.2, 0) is 9.59 Å². The van der Waals surface area contributed by atoms with Gasteiger partial charge in [0.15, 0.2) is 0 Å². The van der Waals surface area contributed by atoms with E-state index in [1.54, 1.807) is 0 Å². The topological polar surface area (TPSA) is 82.3 Å². The summed E-state index contributed by atoms with van der Waals surface area (Å²) in [6, 6.07) is 0. The summed E-state index contributed by atoms with van der Waals surface area (Å²) in [6.07, 6.45) is 33.1. The second-order valence-electron chi connectivity index (χ2n) is 12.5. The molecule has 0 saturated carbocycles.